The molecule has 5 rings (SSSR count). The van der Waals surface area contributed by atoms with Crippen molar-refractivity contribution >= 4 is 17.5 Å². The minimum absolute atomic E-state index is 0.156. The van der Waals surface area contributed by atoms with Gasteiger partial charge in [0.2, 0.25) is 0 Å². The summed E-state index contributed by atoms with van der Waals surface area (Å²) in [5, 5.41) is 3.71. The van der Waals surface area contributed by atoms with Crippen molar-refractivity contribution in [2.24, 2.45) is 5.92 Å². The molecule has 2 aromatic heterocycles. The van der Waals surface area contributed by atoms with Crippen LogP contribution in [0, 0.1) is 5.92 Å². The van der Waals surface area contributed by atoms with E-state index in [0.717, 1.165) is 19.6 Å². The number of rotatable bonds is 3. The van der Waals surface area contributed by atoms with E-state index < -0.39 is 0 Å². The number of pyridine rings is 1. The van der Waals surface area contributed by atoms with Gasteiger partial charge in [-0.25, -0.2) is 0 Å². The van der Waals surface area contributed by atoms with Gasteiger partial charge in [-0.3, -0.25) is 9.78 Å². The van der Waals surface area contributed by atoms with Crippen molar-refractivity contribution in [3.8, 4) is 11.5 Å². The number of hydrogen-bond donors (Lipinski definition) is 1. The van der Waals surface area contributed by atoms with E-state index in [9.17, 15) is 4.79 Å². The molecule has 2 bridgehead atoms. The SMILES string of the molecule is O=C(N[C@H]1CN2CCC1CC2)c1ccc(-c2cc(Cl)ccn2)o1. The molecule has 23 heavy (non-hydrogen) atoms. The number of halogens is 1. The number of hydrogen-bond acceptors (Lipinski definition) is 4. The van der Waals surface area contributed by atoms with Crippen LogP contribution in [0.4, 0.5) is 0 Å². The van der Waals surface area contributed by atoms with Crippen LogP contribution in [0.2, 0.25) is 5.02 Å². The topological polar surface area (TPSA) is 58.4 Å². The molecular formula is C17H18ClN3O2. The van der Waals surface area contributed by atoms with E-state index in [0.29, 0.717) is 28.2 Å². The molecule has 2 aromatic rings. The second-order valence-electron chi connectivity index (χ2n) is 6.24. The van der Waals surface area contributed by atoms with Gasteiger partial charge in [0.05, 0.1) is 0 Å². The number of amides is 1. The molecule has 1 amide bonds. The highest BCUT2D eigenvalue weighted by Crippen LogP contribution is 2.28. The van der Waals surface area contributed by atoms with Crippen LogP contribution in [-0.4, -0.2) is 41.5 Å². The van der Waals surface area contributed by atoms with Gasteiger partial charge in [-0.1, -0.05) is 11.6 Å². The minimum Gasteiger partial charge on any atom is -0.449 e. The van der Waals surface area contributed by atoms with Crippen molar-refractivity contribution in [2.75, 3.05) is 19.6 Å². The molecule has 0 aromatic carbocycles. The summed E-state index contributed by atoms with van der Waals surface area (Å²) in [4.78, 5) is 19.1. The first kappa shape index (κ1) is 14.7. The van der Waals surface area contributed by atoms with E-state index in [-0.39, 0.29) is 11.9 Å². The Morgan fingerprint density at radius 1 is 1.30 bits per heavy atom. The number of furan rings is 1. The van der Waals surface area contributed by atoms with Gasteiger partial charge in [0.1, 0.15) is 5.69 Å². The number of nitrogens with zero attached hydrogens (tertiary/aromatic N) is 2. The monoisotopic (exact) mass is 331 g/mol. The van der Waals surface area contributed by atoms with E-state index in [1.807, 2.05) is 0 Å². The molecule has 0 spiro atoms. The Balaban J connectivity index is 1.47. The zero-order chi connectivity index (χ0) is 15.8. The van der Waals surface area contributed by atoms with Crippen molar-refractivity contribution in [2.45, 2.75) is 18.9 Å². The lowest BCUT2D eigenvalue weighted by Gasteiger charge is -2.44. The van der Waals surface area contributed by atoms with Gasteiger partial charge < -0.3 is 14.6 Å². The van der Waals surface area contributed by atoms with Crippen LogP contribution in [0.1, 0.15) is 23.4 Å². The summed E-state index contributed by atoms with van der Waals surface area (Å²) in [7, 11) is 0. The van der Waals surface area contributed by atoms with Gasteiger partial charge in [-0.05, 0) is 56.1 Å². The third-order valence-corrected chi connectivity index (χ3v) is 5.01. The van der Waals surface area contributed by atoms with Crippen molar-refractivity contribution in [3.05, 3.63) is 41.2 Å². The zero-order valence-electron chi connectivity index (χ0n) is 12.7. The molecule has 1 atom stereocenters. The van der Waals surface area contributed by atoms with E-state index >= 15 is 0 Å². The maximum Gasteiger partial charge on any atom is 0.287 e. The molecule has 120 valence electrons. The molecule has 5 nitrogen and oxygen atoms in total. The first-order valence-corrected chi connectivity index (χ1v) is 8.32. The largest absolute Gasteiger partial charge is 0.449 e. The molecular weight excluding hydrogens is 314 g/mol. The maximum atomic E-state index is 12.4. The average molecular weight is 332 g/mol. The molecule has 0 saturated carbocycles. The van der Waals surface area contributed by atoms with Gasteiger partial charge >= 0.3 is 0 Å². The van der Waals surface area contributed by atoms with Gasteiger partial charge in [-0.2, -0.15) is 0 Å². The molecule has 5 heterocycles. The number of nitrogens with one attached hydrogen (secondary N) is 1. The summed E-state index contributed by atoms with van der Waals surface area (Å²) in [6.45, 7) is 3.25. The fourth-order valence-electron chi connectivity index (χ4n) is 3.51. The molecule has 0 aliphatic carbocycles. The minimum atomic E-state index is -0.156. The Labute approximate surface area is 139 Å². The van der Waals surface area contributed by atoms with E-state index in [1.54, 1.807) is 30.5 Å². The Morgan fingerprint density at radius 2 is 2.13 bits per heavy atom. The first-order valence-electron chi connectivity index (χ1n) is 7.94. The lowest BCUT2D eigenvalue weighted by molar-refractivity contribution is 0.0606. The quantitative estimate of drug-likeness (QED) is 0.939. The normalized spacial score (nSPS) is 26.2. The molecule has 6 heteroatoms. The third kappa shape index (κ3) is 2.99. The van der Waals surface area contributed by atoms with Gasteiger partial charge in [0, 0.05) is 23.8 Å². The molecule has 3 aliphatic heterocycles. The van der Waals surface area contributed by atoms with Gasteiger partial charge in [0.25, 0.3) is 5.91 Å². The van der Waals surface area contributed by atoms with Crippen molar-refractivity contribution in [1.29, 1.82) is 0 Å². The highest BCUT2D eigenvalue weighted by atomic mass is 35.5. The van der Waals surface area contributed by atoms with E-state index in [4.69, 9.17) is 16.0 Å². The summed E-state index contributed by atoms with van der Waals surface area (Å²) in [5.41, 5.74) is 0.624. The summed E-state index contributed by atoms with van der Waals surface area (Å²) in [5.74, 6) is 1.30. The number of fused-ring (bicyclic) bond motifs is 3. The Morgan fingerprint density at radius 3 is 2.83 bits per heavy atom. The molecule has 1 N–H and O–H groups in total. The van der Waals surface area contributed by atoms with Crippen LogP contribution in [-0.2, 0) is 0 Å². The van der Waals surface area contributed by atoms with Crippen molar-refractivity contribution in [1.82, 2.24) is 15.2 Å². The number of carbonyl (C=O) groups is 1. The van der Waals surface area contributed by atoms with E-state index in [2.05, 4.69) is 15.2 Å². The molecule has 0 unspecified atom stereocenters. The highest BCUT2D eigenvalue weighted by Gasteiger charge is 2.35. The highest BCUT2D eigenvalue weighted by molar-refractivity contribution is 6.30. The van der Waals surface area contributed by atoms with Gasteiger partial charge in [-0.15, -0.1) is 0 Å². The maximum absolute atomic E-state index is 12.4. The summed E-state index contributed by atoms with van der Waals surface area (Å²) in [6, 6.07) is 7.09. The van der Waals surface area contributed by atoms with Crippen LogP contribution >= 0.6 is 11.6 Å². The molecule has 0 radical (unpaired) electrons. The van der Waals surface area contributed by atoms with Gasteiger partial charge in [0.15, 0.2) is 11.5 Å². The van der Waals surface area contributed by atoms with Crippen molar-refractivity contribution in [3.63, 3.8) is 0 Å². The molecule has 3 saturated heterocycles. The molecule has 3 aliphatic rings. The second-order valence-corrected chi connectivity index (χ2v) is 6.68. The molecule has 3 fully saturated rings. The number of carbonyl (C=O) groups excluding carboxylic acids is 1. The lowest BCUT2D eigenvalue weighted by atomic mass is 9.84. The predicted octanol–water partition coefficient (Wildman–Crippen LogP) is 2.82. The zero-order valence-corrected chi connectivity index (χ0v) is 13.4. The van der Waals surface area contributed by atoms with Crippen LogP contribution < -0.4 is 5.32 Å². The standard InChI is InChI=1S/C17H18ClN3O2/c18-12-3-6-19-13(9-12)15-1-2-16(23-15)17(22)20-14-10-21-7-4-11(14)5-8-21/h1-3,6,9,11,14H,4-5,7-8,10H2,(H,20,22)/t14-/m0/s1. The summed E-state index contributed by atoms with van der Waals surface area (Å²) >= 11 is 5.96. The number of aromatic nitrogens is 1. The fourth-order valence-corrected chi connectivity index (χ4v) is 3.66. The van der Waals surface area contributed by atoms with Crippen molar-refractivity contribution < 1.29 is 9.21 Å². The number of piperidine rings is 3. The Hall–Kier alpha value is -1.85. The Kier molecular flexibility index (Phi) is 3.83. The summed E-state index contributed by atoms with van der Waals surface area (Å²) in [6.07, 6.45) is 3.95. The van der Waals surface area contributed by atoms with Crippen LogP contribution in [0.15, 0.2) is 34.9 Å². The van der Waals surface area contributed by atoms with Crippen LogP contribution in [0.5, 0.6) is 0 Å². The first-order chi connectivity index (χ1) is 11.2. The smallest absolute Gasteiger partial charge is 0.287 e. The second kappa shape index (κ2) is 5.98. The summed E-state index contributed by atoms with van der Waals surface area (Å²) < 4.78 is 5.66. The van der Waals surface area contributed by atoms with Crippen LogP contribution in [0.3, 0.4) is 0 Å². The average Bonchev–Trinajstić information content (AvgIpc) is 3.06. The van der Waals surface area contributed by atoms with E-state index in [1.165, 1.54) is 12.8 Å². The third-order valence-electron chi connectivity index (χ3n) is 4.78. The Bertz CT molecular complexity index is 722. The predicted molar refractivity (Wildman–Crippen MR) is 87.4 cm³/mol. The lowest BCUT2D eigenvalue weighted by Crippen LogP contribution is -2.57. The fraction of sp³-hybridized carbons (Fsp3) is 0.412. The van der Waals surface area contributed by atoms with Crippen LogP contribution in [0.25, 0.3) is 11.5 Å².